The molecule has 0 heterocycles. The van der Waals surface area contributed by atoms with E-state index in [1.165, 1.54) is 5.94 Å². The topological polar surface area (TPSA) is 83.8 Å². The van der Waals surface area contributed by atoms with Gasteiger partial charge in [0.25, 0.3) is 0 Å². The van der Waals surface area contributed by atoms with Crippen LogP contribution in [0.15, 0.2) is 6.08 Å². The van der Waals surface area contributed by atoms with Crippen LogP contribution in [0.3, 0.4) is 0 Å². The van der Waals surface area contributed by atoms with Gasteiger partial charge in [0, 0.05) is 0 Å². The first-order chi connectivity index (χ1) is 5.20. The number of hydrogen-bond acceptors (Lipinski definition) is 5. The lowest BCUT2D eigenvalue weighted by Crippen LogP contribution is -2.21. The molecule has 0 rings (SSSR count). The molecule has 0 aliphatic carbocycles. The van der Waals surface area contributed by atoms with E-state index >= 15 is 0 Å². The van der Waals surface area contributed by atoms with E-state index in [1.807, 2.05) is 0 Å². The Morgan fingerprint density at radius 2 is 2.36 bits per heavy atom. The van der Waals surface area contributed by atoms with Gasteiger partial charge in [-0.25, -0.2) is 9.59 Å². The van der Waals surface area contributed by atoms with Crippen LogP contribution in [0.4, 0.5) is 0 Å². The second-order valence-corrected chi connectivity index (χ2v) is 1.73. The standard InChI is InChI=1S/C6H8O5/c7-2-1-6(10)11-4-5(9)3-8/h1,5,8-9H,3-4H2. The molecule has 62 valence electrons. The molecule has 0 aliphatic rings. The summed E-state index contributed by atoms with van der Waals surface area (Å²) in [6.07, 6.45) is -0.539. The molecule has 1 unspecified atom stereocenters. The molecule has 5 heteroatoms. The summed E-state index contributed by atoms with van der Waals surface area (Å²) in [5, 5.41) is 16.9. The van der Waals surface area contributed by atoms with Crippen LogP contribution < -0.4 is 0 Å². The van der Waals surface area contributed by atoms with Crippen molar-refractivity contribution in [2.24, 2.45) is 0 Å². The SMILES string of the molecule is O=C=CC(=O)OCC(O)CO. The number of carbonyl (C=O) groups excluding carboxylic acids is 2. The van der Waals surface area contributed by atoms with E-state index in [2.05, 4.69) is 4.74 Å². The zero-order valence-electron chi connectivity index (χ0n) is 5.69. The molecule has 0 spiro atoms. The lowest BCUT2D eigenvalue weighted by atomic mass is 10.4. The van der Waals surface area contributed by atoms with Gasteiger partial charge in [0.05, 0.1) is 6.61 Å². The quantitative estimate of drug-likeness (QED) is 0.290. The number of rotatable bonds is 4. The molecule has 0 radical (unpaired) electrons. The highest BCUT2D eigenvalue weighted by molar-refractivity contribution is 5.89. The van der Waals surface area contributed by atoms with Crippen molar-refractivity contribution in [2.75, 3.05) is 13.2 Å². The first kappa shape index (κ1) is 9.84. The van der Waals surface area contributed by atoms with Gasteiger partial charge in [0.15, 0.2) is 0 Å². The Morgan fingerprint density at radius 3 is 2.82 bits per heavy atom. The van der Waals surface area contributed by atoms with Crippen molar-refractivity contribution in [1.29, 1.82) is 0 Å². The van der Waals surface area contributed by atoms with E-state index in [0.29, 0.717) is 6.08 Å². The Balaban J connectivity index is 3.53. The molecule has 0 aromatic rings. The fourth-order valence-electron chi connectivity index (χ4n) is 0.321. The summed E-state index contributed by atoms with van der Waals surface area (Å²) < 4.78 is 4.27. The van der Waals surface area contributed by atoms with Crippen molar-refractivity contribution in [3.05, 3.63) is 6.08 Å². The third-order valence-electron chi connectivity index (χ3n) is 0.806. The summed E-state index contributed by atoms with van der Waals surface area (Å²) in [6.45, 7) is -0.814. The summed E-state index contributed by atoms with van der Waals surface area (Å²) in [6, 6.07) is 0. The molecule has 0 saturated heterocycles. The van der Waals surface area contributed by atoms with Crippen LogP contribution in [0.2, 0.25) is 0 Å². The molecule has 0 aromatic carbocycles. The maximum atomic E-state index is 10.3. The second-order valence-electron chi connectivity index (χ2n) is 1.73. The third kappa shape index (κ3) is 5.29. The van der Waals surface area contributed by atoms with E-state index in [9.17, 15) is 9.59 Å². The van der Waals surface area contributed by atoms with E-state index in [1.54, 1.807) is 0 Å². The summed E-state index contributed by atoms with van der Waals surface area (Å²) in [7, 11) is 0. The number of ether oxygens (including phenoxy) is 1. The van der Waals surface area contributed by atoms with E-state index in [0.717, 1.165) is 0 Å². The van der Waals surface area contributed by atoms with Crippen LogP contribution in [-0.2, 0) is 14.3 Å². The third-order valence-corrected chi connectivity index (χ3v) is 0.806. The lowest BCUT2D eigenvalue weighted by Gasteiger charge is -2.05. The fraction of sp³-hybridized carbons (Fsp3) is 0.500. The van der Waals surface area contributed by atoms with Crippen LogP contribution in [-0.4, -0.2) is 41.4 Å². The zero-order valence-corrected chi connectivity index (χ0v) is 5.69. The lowest BCUT2D eigenvalue weighted by molar-refractivity contribution is -0.141. The van der Waals surface area contributed by atoms with Crippen LogP contribution >= 0.6 is 0 Å². The molecule has 0 aliphatic heterocycles. The van der Waals surface area contributed by atoms with Gasteiger partial charge in [-0.05, 0) is 0 Å². The molecule has 2 N–H and O–H groups in total. The van der Waals surface area contributed by atoms with Crippen LogP contribution in [0.5, 0.6) is 0 Å². The molecule has 0 bridgehead atoms. The number of aliphatic hydroxyl groups excluding tert-OH is 2. The highest BCUT2D eigenvalue weighted by atomic mass is 16.5. The van der Waals surface area contributed by atoms with Gasteiger partial charge < -0.3 is 14.9 Å². The first-order valence-electron chi connectivity index (χ1n) is 2.87. The summed E-state index contributed by atoms with van der Waals surface area (Å²) >= 11 is 0. The molecule has 0 amide bonds. The zero-order chi connectivity index (χ0) is 8.69. The summed E-state index contributed by atoms with van der Waals surface area (Å²) in [5.74, 6) is 0.334. The van der Waals surface area contributed by atoms with E-state index < -0.39 is 18.7 Å². The van der Waals surface area contributed by atoms with Crippen molar-refractivity contribution in [1.82, 2.24) is 0 Å². The molecule has 5 nitrogen and oxygen atoms in total. The van der Waals surface area contributed by atoms with E-state index in [4.69, 9.17) is 10.2 Å². The predicted molar refractivity (Wildman–Crippen MR) is 34.3 cm³/mol. The summed E-state index contributed by atoms with van der Waals surface area (Å²) in [5.41, 5.74) is 0. The maximum absolute atomic E-state index is 10.3. The summed E-state index contributed by atoms with van der Waals surface area (Å²) in [4.78, 5) is 19.9. The smallest absolute Gasteiger partial charge is 0.342 e. The van der Waals surface area contributed by atoms with Crippen LogP contribution in [0, 0.1) is 0 Å². The van der Waals surface area contributed by atoms with Crippen LogP contribution in [0.25, 0.3) is 0 Å². The van der Waals surface area contributed by atoms with Gasteiger partial charge in [-0.1, -0.05) is 0 Å². The minimum atomic E-state index is -1.10. The largest absolute Gasteiger partial charge is 0.459 e. The number of hydrogen-bond donors (Lipinski definition) is 2. The molecule has 0 saturated carbocycles. The average molecular weight is 160 g/mol. The highest BCUT2D eigenvalue weighted by Crippen LogP contribution is 1.84. The van der Waals surface area contributed by atoms with Crippen molar-refractivity contribution < 1.29 is 24.5 Å². The number of carbonyl (C=O) groups is 1. The van der Waals surface area contributed by atoms with Crippen LogP contribution in [0.1, 0.15) is 0 Å². The van der Waals surface area contributed by atoms with Crippen molar-refractivity contribution in [2.45, 2.75) is 6.10 Å². The monoisotopic (exact) mass is 160 g/mol. The molecule has 11 heavy (non-hydrogen) atoms. The molecule has 0 fully saturated rings. The van der Waals surface area contributed by atoms with Gasteiger partial charge in [-0.3, -0.25) is 0 Å². The highest BCUT2D eigenvalue weighted by Gasteiger charge is 2.04. The Labute approximate surface area is 62.9 Å². The Morgan fingerprint density at radius 1 is 1.73 bits per heavy atom. The Kier molecular flexibility index (Phi) is 5.02. The van der Waals surface area contributed by atoms with Crippen molar-refractivity contribution >= 4 is 11.9 Å². The van der Waals surface area contributed by atoms with Gasteiger partial charge in [0.2, 0.25) is 0 Å². The molecule has 1 atom stereocenters. The number of aliphatic hydroxyl groups is 2. The second kappa shape index (κ2) is 5.61. The predicted octanol–water partition coefficient (Wildman–Crippen LogP) is -1.73. The van der Waals surface area contributed by atoms with E-state index in [-0.39, 0.29) is 6.61 Å². The van der Waals surface area contributed by atoms with Gasteiger partial charge in [-0.15, -0.1) is 0 Å². The number of esters is 1. The normalized spacial score (nSPS) is 11.5. The average Bonchev–Trinajstić information content (AvgIpc) is 2.01. The Hall–Kier alpha value is -1.16. The minimum absolute atomic E-state index is 0.326. The van der Waals surface area contributed by atoms with Gasteiger partial charge in [0.1, 0.15) is 24.7 Å². The van der Waals surface area contributed by atoms with Crippen molar-refractivity contribution in [3.63, 3.8) is 0 Å². The van der Waals surface area contributed by atoms with Gasteiger partial charge >= 0.3 is 5.97 Å². The molecular formula is C6H8O5. The molecule has 0 aromatic heterocycles. The van der Waals surface area contributed by atoms with Crippen molar-refractivity contribution in [3.8, 4) is 0 Å². The van der Waals surface area contributed by atoms with Gasteiger partial charge in [-0.2, -0.15) is 0 Å². The molecular weight excluding hydrogens is 152 g/mol. The minimum Gasteiger partial charge on any atom is -0.459 e. The Bertz CT molecular complexity index is 170. The maximum Gasteiger partial charge on any atom is 0.342 e. The fourth-order valence-corrected chi connectivity index (χ4v) is 0.321. The first-order valence-corrected chi connectivity index (χ1v) is 2.87.